The summed E-state index contributed by atoms with van der Waals surface area (Å²) in [6.45, 7) is 0. The Hall–Kier alpha value is -6.70. The van der Waals surface area contributed by atoms with Crippen molar-refractivity contribution in [2.24, 2.45) is 0 Å². The fourth-order valence-electron chi connectivity index (χ4n) is 8.18. The van der Waals surface area contributed by atoms with Crippen LogP contribution in [-0.4, -0.2) is 0 Å². The first kappa shape index (κ1) is 20.1. The molecule has 0 saturated heterocycles. The SMILES string of the molecule is [2H]c1c([2H])c([2H])c(-c2cccc3c2ccc2c(-c4c([2H])c([2H])c([2H])c([2H])c4[2H])c4ccccc4c(-c4ccc5c6c(cccc46)-c4c(ccc6ccccc46)O5)c23)c([2H])c1[2H]. The Balaban J connectivity index is 1.34. The topological polar surface area (TPSA) is 9.23 Å². The molecule has 1 nitrogen and oxygen atoms in total. The van der Waals surface area contributed by atoms with Crippen LogP contribution in [0.2, 0.25) is 0 Å². The largest absolute Gasteiger partial charge is 0.456 e. The van der Waals surface area contributed by atoms with Gasteiger partial charge in [-0.2, -0.15) is 0 Å². The normalized spacial score (nSPS) is 14.8. The average molecular weight is 657 g/mol. The standard InChI is InChI=1S/C50H30O/c1-3-13-31(14-4-1)34-21-11-22-37-36(34)26-27-43-46(33-16-5-2-6-17-33)38-19-9-10-20-40(38)49(50(37)43)41-28-30-45-48-39(41)23-12-24-42(48)47-35-18-8-7-15-32(35)25-29-44(47)51-45/h1-30H/i1D,2D,3D,4D,5D,6D,13D,14D,16D,17D. The van der Waals surface area contributed by atoms with Crippen molar-refractivity contribution in [1.29, 1.82) is 0 Å². The van der Waals surface area contributed by atoms with E-state index >= 15 is 0 Å². The zero-order valence-electron chi connectivity index (χ0n) is 37.0. The number of hydrogen-bond donors (Lipinski definition) is 0. The second kappa shape index (κ2) is 10.9. The van der Waals surface area contributed by atoms with Crippen molar-refractivity contribution in [2.75, 3.05) is 0 Å². The van der Waals surface area contributed by atoms with Crippen molar-refractivity contribution in [3.8, 4) is 56.0 Å². The molecule has 0 radical (unpaired) electrons. The monoisotopic (exact) mass is 656 g/mol. The van der Waals surface area contributed by atoms with E-state index < -0.39 is 36.3 Å². The highest BCUT2D eigenvalue weighted by molar-refractivity contribution is 6.31. The van der Waals surface area contributed by atoms with Gasteiger partial charge in [0.2, 0.25) is 0 Å². The highest BCUT2D eigenvalue weighted by Crippen LogP contribution is 2.53. The van der Waals surface area contributed by atoms with E-state index in [1.54, 1.807) is 12.1 Å². The summed E-state index contributed by atoms with van der Waals surface area (Å²) >= 11 is 0. The Bertz CT molecular complexity index is 3580. The Morgan fingerprint density at radius 2 is 0.961 bits per heavy atom. The molecule has 1 aliphatic rings. The molecule has 0 N–H and O–H groups in total. The molecular weight excluding hydrogens is 617 g/mol. The second-order valence-electron chi connectivity index (χ2n) is 12.8. The zero-order valence-corrected chi connectivity index (χ0v) is 27.0. The Morgan fingerprint density at radius 1 is 0.333 bits per heavy atom. The average Bonchev–Trinajstić information content (AvgIpc) is 3.29. The van der Waals surface area contributed by atoms with E-state index in [0.717, 1.165) is 54.9 Å². The predicted octanol–water partition coefficient (Wildman–Crippen LogP) is 14.2. The van der Waals surface area contributed by atoms with Gasteiger partial charge in [-0.1, -0.05) is 164 Å². The van der Waals surface area contributed by atoms with Gasteiger partial charge in [-0.3, -0.25) is 0 Å². The fraction of sp³-hybridized carbons (Fsp3) is 0. The number of benzene rings is 10. The van der Waals surface area contributed by atoms with E-state index in [4.69, 9.17) is 15.7 Å². The number of ether oxygens (including phenoxy) is 1. The van der Waals surface area contributed by atoms with E-state index in [2.05, 4.69) is 30.3 Å². The molecule has 0 bridgehead atoms. The quantitative estimate of drug-likeness (QED) is 0.136. The third-order valence-electron chi connectivity index (χ3n) is 10.2. The fourth-order valence-corrected chi connectivity index (χ4v) is 8.18. The van der Waals surface area contributed by atoms with Gasteiger partial charge in [0.15, 0.2) is 0 Å². The molecule has 51 heavy (non-hydrogen) atoms. The van der Waals surface area contributed by atoms with Gasteiger partial charge >= 0.3 is 0 Å². The van der Waals surface area contributed by atoms with Crippen LogP contribution in [0.5, 0.6) is 11.5 Å². The molecule has 1 heterocycles. The molecule has 0 fully saturated rings. The van der Waals surface area contributed by atoms with Crippen molar-refractivity contribution in [3.05, 3.63) is 182 Å². The molecule has 10 aromatic carbocycles. The van der Waals surface area contributed by atoms with Crippen LogP contribution in [0.4, 0.5) is 0 Å². The highest BCUT2D eigenvalue weighted by atomic mass is 16.5. The van der Waals surface area contributed by atoms with Gasteiger partial charge in [0.1, 0.15) is 11.5 Å². The number of fused-ring (bicyclic) bond motifs is 8. The van der Waals surface area contributed by atoms with Crippen molar-refractivity contribution in [2.45, 2.75) is 0 Å². The first-order chi connectivity index (χ1) is 29.5. The van der Waals surface area contributed by atoms with Crippen LogP contribution in [-0.2, 0) is 0 Å². The molecular formula is C50H30O. The minimum Gasteiger partial charge on any atom is -0.456 e. The van der Waals surface area contributed by atoms with E-state index in [9.17, 15) is 2.74 Å². The van der Waals surface area contributed by atoms with Crippen LogP contribution in [0.15, 0.2) is 182 Å². The first-order valence-corrected chi connectivity index (χ1v) is 16.8. The molecule has 10 aromatic rings. The molecule has 0 spiro atoms. The maximum atomic E-state index is 9.18. The third-order valence-corrected chi connectivity index (χ3v) is 10.2. The number of hydrogen-bond acceptors (Lipinski definition) is 1. The van der Waals surface area contributed by atoms with E-state index in [0.29, 0.717) is 43.8 Å². The molecule has 11 rings (SSSR count). The minimum absolute atomic E-state index is 0.0636. The predicted molar refractivity (Wildman–Crippen MR) is 216 cm³/mol. The van der Waals surface area contributed by atoms with Crippen molar-refractivity contribution >= 4 is 53.9 Å². The van der Waals surface area contributed by atoms with Crippen LogP contribution in [0, 0.1) is 0 Å². The molecule has 0 unspecified atom stereocenters. The third kappa shape index (κ3) is 4.09. The maximum absolute atomic E-state index is 9.18. The van der Waals surface area contributed by atoms with E-state index in [1.165, 1.54) is 0 Å². The maximum Gasteiger partial charge on any atom is 0.135 e. The second-order valence-corrected chi connectivity index (χ2v) is 12.8. The lowest BCUT2D eigenvalue weighted by molar-refractivity contribution is 0.488. The summed E-state index contributed by atoms with van der Waals surface area (Å²) in [6, 6.07) is 35.3. The molecule has 236 valence electrons. The van der Waals surface area contributed by atoms with Gasteiger partial charge < -0.3 is 4.74 Å². The van der Waals surface area contributed by atoms with Crippen LogP contribution < -0.4 is 4.74 Å². The Labute approximate surface area is 309 Å². The summed E-state index contributed by atoms with van der Waals surface area (Å²) in [4.78, 5) is 0. The summed E-state index contributed by atoms with van der Waals surface area (Å²) in [7, 11) is 0. The van der Waals surface area contributed by atoms with Crippen molar-refractivity contribution in [3.63, 3.8) is 0 Å². The Kier molecular flexibility index (Phi) is 4.29. The van der Waals surface area contributed by atoms with Crippen LogP contribution in [0.25, 0.3) is 98.4 Å². The highest BCUT2D eigenvalue weighted by Gasteiger charge is 2.26. The lowest BCUT2D eigenvalue weighted by Gasteiger charge is -2.25. The lowest BCUT2D eigenvalue weighted by Crippen LogP contribution is -1.99. The summed E-state index contributed by atoms with van der Waals surface area (Å²) in [5.74, 6) is 1.46. The van der Waals surface area contributed by atoms with Crippen molar-refractivity contribution < 1.29 is 18.4 Å². The van der Waals surface area contributed by atoms with Crippen molar-refractivity contribution in [1.82, 2.24) is 0 Å². The molecule has 1 aliphatic heterocycles. The number of rotatable bonds is 3. The molecule has 0 amide bonds. The zero-order chi connectivity index (χ0) is 42.2. The van der Waals surface area contributed by atoms with Crippen LogP contribution in [0.3, 0.4) is 0 Å². The van der Waals surface area contributed by atoms with Crippen LogP contribution >= 0.6 is 0 Å². The van der Waals surface area contributed by atoms with E-state index in [1.807, 2.05) is 78.9 Å². The van der Waals surface area contributed by atoms with Gasteiger partial charge in [-0.15, -0.1) is 0 Å². The summed E-state index contributed by atoms with van der Waals surface area (Å²) in [5.41, 5.74) is 4.72. The van der Waals surface area contributed by atoms with Crippen LogP contribution in [0.1, 0.15) is 13.7 Å². The van der Waals surface area contributed by atoms with Gasteiger partial charge in [0, 0.05) is 10.9 Å². The molecule has 0 aromatic heterocycles. The smallest absolute Gasteiger partial charge is 0.135 e. The first-order valence-electron chi connectivity index (χ1n) is 21.8. The van der Waals surface area contributed by atoms with Gasteiger partial charge in [-0.25, -0.2) is 0 Å². The van der Waals surface area contributed by atoms with E-state index in [-0.39, 0.29) is 35.3 Å². The summed E-state index contributed by atoms with van der Waals surface area (Å²) < 4.78 is 93.9. The Morgan fingerprint density at radius 3 is 1.76 bits per heavy atom. The van der Waals surface area contributed by atoms with Gasteiger partial charge in [-0.05, 0) is 106 Å². The summed E-state index contributed by atoms with van der Waals surface area (Å²) in [5, 5.41) is 8.05. The van der Waals surface area contributed by atoms with Gasteiger partial charge in [0.25, 0.3) is 0 Å². The lowest BCUT2D eigenvalue weighted by atomic mass is 9.81. The van der Waals surface area contributed by atoms with Gasteiger partial charge in [0.05, 0.1) is 13.7 Å². The molecule has 0 saturated carbocycles. The minimum atomic E-state index is -0.488. The summed E-state index contributed by atoms with van der Waals surface area (Å²) in [6.07, 6.45) is 0. The molecule has 0 atom stereocenters. The molecule has 1 heteroatoms. The molecule has 0 aliphatic carbocycles.